The van der Waals surface area contributed by atoms with Crippen LogP contribution in [0.4, 0.5) is 4.79 Å². The molecule has 0 fully saturated rings. The Hall–Kier alpha value is -3.55. The van der Waals surface area contributed by atoms with Gasteiger partial charge < -0.3 is 25.4 Å². The topological polar surface area (TPSA) is 108 Å². The summed E-state index contributed by atoms with van der Waals surface area (Å²) in [5, 5.41) is 15.6. The Morgan fingerprint density at radius 1 is 0.950 bits per heavy atom. The second kappa shape index (κ2) is 13.2. The first-order valence-corrected chi connectivity index (χ1v) is 13.9. The highest BCUT2D eigenvalue weighted by Crippen LogP contribution is 2.34. The van der Waals surface area contributed by atoms with E-state index in [4.69, 9.17) is 4.74 Å². The van der Waals surface area contributed by atoms with E-state index in [9.17, 15) is 19.5 Å². The summed E-state index contributed by atoms with van der Waals surface area (Å²) in [6, 6.07) is 10.2. The fraction of sp³-hybridized carbons (Fsp3) is 0.531. The van der Waals surface area contributed by atoms with Crippen LogP contribution in [0.5, 0.6) is 5.75 Å². The van der Waals surface area contributed by atoms with E-state index < -0.39 is 35.2 Å². The molecule has 0 radical (unpaired) electrons. The number of carbonyl (C=O) groups is 3. The van der Waals surface area contributed by atoms with Gasteiger partial charge in [0, 0.05) is 18.0 Å². The van der Waals surface area contributed by atoms with Gasteiger partial charge in [-0.15, -0.1) is 0 Å². The predicted octanol–water partition coefficient (Wildman–Crippen LogP) is 5.73. The molecular weight excluding hydrogens is 506 g/mol. The number of aryl methyl sites for hydroxylation is 2. The first-order valence-electron chi connectivity index (χ1n) is 13.9. The molecule has 3 amide bonds. The number of alkyl carbamates (subject to hydrolysis) is 1. The minimum atomic E-state index is -1.04. The van der Waals surface area contributed by atoms with Gasteiger partial charge >= 0.3 is 6.09 Å². The van der Waals surface area contributed by atoms with Crippen LogP contribution in [0.1, 0.15) is 90.1 Å². The van der Waals surface area contributed by atoms with Gasteiger partial charge in [0.15, 0.2) is 0 Å². The molecule has 0 bridgehead atoms. The normalized spacial score (nSPS) is 13.4. The van der Waals surface area contributed by atoms with Crippen molar-refractivity contribution in [3.05, 3.63) is 64.7 Å². The predicted molar refractivity (Wildman–Crippen MR) is 158 cm³/mol. The zero-order valence-electron chi connectivity index (χ0n) is 25.7. The highest BCUT2D eigenvalue weighted by Gasteiger charge is 2.43. The Bertz CT molecular complexity index is 1180. The summed E-state index contributed by atoms with van der Waals surface area (Å²) >= 11 is 0. The number of benzene rings is 2. The zero-order chi connectivity index (χ0) is 30.4. The number of aromatic hydroxyl groups is 1. The number of nitrogens with one attached hydrogen (secondary N) is 2. The number of carbonyl (C=O) groups excluding carboxylic acids is 3. The number of hydrogen-bond acceptors (Lipinski definition) is 5. The summed E-state index contributed by atoms with van der Waals surface area (Å²) in [7, 11) is 0. The molecule has 2 rings (SSSR count). The van der Waals surface area contributed by atoms with Gasteiger partial charge in [-0.2, -0.15) is 0 Å². The lowest BCUT2D eigenvalue weighted by Crippen LogP contribution is -2.60. The maximum atomic E-state index is 14.6. The molecule has 2 aromatic rings. The van der Waals surface area contributed by atoms with Crippen LogP contribution in [0.25, 0.3) is 0 Å². The Balaban J connectivity index is 2.71. The van der Waals surface area contributed by atoms with E-state index in [-0.39, 0.29) is 24.1 Å². The summed E-state index contributed by atoms with van der Waals surface area (Å²) < 4.78 is 5.51. The first kappa shape index (κ1) is 32.7. The number of rotatable bonds is 10. The van der Waals surface area contributed by atoms with Crippen LogP contribution in [0, 0.1) is 13.8 Å². The van der Waals surface area contributed by atoms with Crippen molar-refractivity contribution in [2.24, 2.45) is 0 Å². The lowest BCUT2D eigenvalue weighted by molar-refractivity contribution is -0.149. The van der Waals surface area contributed by atoms with Crippen molar-refractivity contribution in [3.8, 4) is 5.75 Å². The van der Waals surface area contributed by atoms with E-state index in [1.165, 1.54) is 12.1 Å². The van der Waals surface area contributed by atoms with Crippen molar-refractivity contribution in [1.29, 1.82) is 0 Å². The summed E-state index contributed by atoms with van der Waals surface area (Å²) in [5.74, 6) is -0.601. The molecule has 0 aliphatic heterocycles. The van der Waals surface area contributed by atoms with Gasteiger partial charge in [0.05, 0.1) is 0 Å². The Morgan fingerprint density at radius 3 is 2.08 bits per heavy atom. The largest absolute Gasteiger partial charge is 0.508 e. The number of phenolic OH excluding ortho intramolecular Hbond substituents is 1. The number of nitrogens with zero attached hydrogens (tertiary/aromatic N) is 1. The lowest BCUT2D eigenvalue weighted by atomic mass is 9.89. The van der Waals surface area contributed by atoms with Crippen LogP contribution in [-0.2, 0) is 20.7 Å². The van der Waals surface area contributed by atoms with Crippen molar-refractivity contribution in [2.75, 3.05) is 0 Å². The second-order valence-electron chi connectivity index (χ2n) is 12.4. The minimum Gasteiger partial charge on any atom is -0.508 e. The van der Waals surface area contributed by atoms with Gasteiger partial charge in [0.25, 0.3) is 0 Å². The quantitative estimate of drug-likeness (QED) is 0.348. The molecule has 0 saturated heterocycles. The molecule has 0 heterocycles. The second-order valence-corrected chi connectivity index (χ2v) is 12.4. The van der Waals surface area contributed by atoms with E-state index in [1.807, 2.05) is 66.7 Å². The fourth-order valence-corrected chi connectivity index (χ4v) is 4.45. The number of amides is 3. The molecule has 8 heteroatoms. The molecule has 2 unspecified atom stereocenters. The fourth-order valence-electron chi connectivity index (χ4n) is 4.45. The van der Waals surface area contributed by atoms with Crippen molar-refractivity contribution in [3.63, 3.8) is 0 Å². The Labute approximate surface area is 239 Å². The van der Waals surface area contributed by atoms with E-state index in [1.54, 1.807) is 37.8 Å². The summed E-state index contributed by atoms with van der Waals surface area (Å²) in [6.07, 6.45) is -0.0262. The van der Waals surface area contributed by atoms with Gasteiger partial charge in [-0.1, -0.05) is 42.8 Å². The Kier molecular flexibility index (Phi) is 10.8. The zero-order valence-corrected chi connectivity index (χ0v) is 25.7. The SMILES string of the molecule is CCC(C)(C)N(C(=O)C(Cc1ccc(O)cc1)NC(=O)OC(C)(C)C)C(C(=O)NC(C)C)c1cc(C)ccc1C. The van der Waals surface area contributed by atoms with E-state index >= 15 is 0 Å². The maximum absolute atomic E-state index is 14.6. The third kappa shape index (κ3) is 9.00. The van der Waals surface area contributed by atoms with Crippen molar-refractivity contribution in [2.45, 2.75) is 111 Å². The minimum absolute atomic E-state index is 0.0980. The maximum Gasteiger partial charge on any atom is 0.408 e. The van der Waals surface area contributed by atoms with Crippen LogP contribution in [0.2, 0.25) is 0 Å². The highest BCUT2D eigenvalue weighted by molar-refractivity contribution is 5.93. The number of phenols is 1. The van der Waals surface area contributed by atoms with Crippen LogP contribution in [0.15, 0.2) is 42.5 Å². The van der Waals surface area contributed by atoms with Crippen LogP contribution in [0.3, 0.4) is 0 Å². The molecule has 0 spiro atoms. The third-order valence-electron chi connectivity index (χ3n) is 6.79. The van der Waals surface area contributed by atoms with Crippen molar-refractivity contribution in [1.82, 2.24) is 15.5 Å². The highest BCUT2D eigenvalue weighted by atomic mass is 16.6. The molecule has 0 aliphatic carbocycles. The molecule has 3 N–H and O–H groups in total. The Morgan fingerprint density at radius 2 is 1.55 bits per heavy atom. The monoisotopic (exact) mass is 553 g/mol. The van der Waals surface area contributed by atoms with E-state index in [2.05, 4.69) is 10.6 Å². The molecular formula is C32H47N3O5. The molecule has 0 aliphatic rings. The van der Waals surface area contributed by atoms with Crippen LogP contribution < -0.4 is 10.6 Å². The van der Waals surface area contributed by atoms with Gasteiger partial charge in [0.2, 0.25) is 11.8 Å². The van der Waals surface area contributed by atoms with Gasteiger partial charge in [-0.05, 0) is 97.6 Å². The van der Waals surface area contributed by atoms with Crippen LogP contribution >= 0.6 is 0 Å². The van der Waals surface area contributed by atoms with Gasteiger partial charge in [-0.3, -0.25) is 9.59 Å². The molecule has 2 atom stereocenters. The number of hydrogen-bond donors (Lipinski definition) is 3. The molecule has 0 saturated carbocycles. The average molecular weight is 554 g/mol. The average Bonchev–Trinajstić information content (AvgIpc) is 2.83. The van der Waals surface area contributed by atoms with E-state index in [0.717, 1.165) is 22.3 Å². The lowest BCUT2D eigenvalue weighted by Gasteiger charge is -2.45. The smallest absolute Gasteiger partial charge is 0.408 e. The molecule has 220 valence electrons. The van der Waals surface area contributed by atoms with Gasteiger partial charge in [0.1, 0.15) is 23.4 Å². The third-order valence-corrected chi connectivity index (χ3v) is 6.79. The summed E-state index contributed by atoms with van der Waals surface area (Å²) in [5.41, 5.74) is 1.79. The van der Waals surface area contributed by atoms with Crippen molar-refractivity contribution < 1.29 is 24.2 Å². The molecule has 2 aromatic carbocycles. The molecule has 8 nitrogen and oxygen atoms in total. The summed E-state index contributed by atoms with van der Waals surface area (Å²) in [4.78, 5) is 43.1. The standard InChI is InChI=1S/C32H47N3O5/c1-11-32(9,10)35(27(28(37)33-20(2)3)25-18-21(4)12-13-22(25)5)29(38)26(34-30(39)40-31(6,7)8)19-23-14-16-24(36)17-15-23/h12-18,20,26-27,36H,11,19H2,1-10H3,(H,33,37)(H,34,39). The van der Waals surface area contributed by atoms with E-state index in [0.29, 0.717) is 6.42 Å². The molecule has 0 aromatic heterocycles. The number of ether oxygens (including phenoxy) is 1. The van der Waals surface area contributed by atoms with Crippen LogP contribution in [-0.4, -0.2) is 51.1 Å². The summed E-state index contributed by atoms with van der Waals surface area (Å²) in [6.45, 7) is 18.7. The first-order chi connectivity index (χ1) is 18.4. The van der Waals surface area contributed by atoms with Crippen molar-refractivity contribution >= 4 is 17.9 Å². The molecule has 40 heavy (non-hydrogen) atoms. The van der Waals surface area contributed by atoms with Gasteiger partial charge in [-0.25, -0.2) is 4.79 Å².